The van der Waals surface area contributed by atoms with Gasteiger partial charge in [-0.15, -0.1) is 0 Å². The maximum atomic E-state index is 11.2. The topological polar surface area (TPSA) is 45.0 Å². The molecule has 0 aliphatic carbocycles. The SMILES string of the molecule is O=C1CN2C=C(c3ccc(Cl)cc3)N=CC2=N1. The van der Waals surface area contributed by atoms with Gasteiger partial charge in [-0.3, -0.25) is 9.79 Å². The molecule has 84 valence electrons. The Kier molecular flexibility index (Phi) is 2.30. The highest BCUT2D eigenvalue weighted by Gasteiger charge is 2.23. The molecule has 0 bridgehead atoms. The van der Waals surface area contributed by atoms with E-state index in [1.165, 1.54) is 0 Å². The highest BCUT2D eigenvalue weighted by atomic mass is 35.5. The molecule has 0 spiro atoms. The van der Waals surface area contributed by atoms with E-state index in [-0.39, 0.29) is 5.91 Å². The maximum absolute atomic E-state index is 11.2. The van der Waals surface area contributed by atoms with Gasteiger partial charge < -0.3 is 4.90 Å². The number of benzene rings is 1. The Morgan fingerprint density at radius 3 is 2.76 bits per heavy atom. The summed E-state index contributed by atoms with van der Waals surface area (Å²) >= 11 is 5.83. The second kappa shape index (κ2) is 3.82. The van der Waals surface area contributed by atoms with Gasteiger partial charge in [0, 0.05) is 16.8 Å². The van der Waals surface area contributed by atoms with Gasteiger partial charge in [-0.25, -0.2) is 0 Å². The van der Waals surface area contributed by atoms with Crippen LogP contribution in [0.3, 0.4) is 0 Å². The first-order valence-electron chi connectivity index (χ1n) is 5.12. The van der Waals surface area contributed by atoms with Crippen LogP contribution in [0.15, 0.2) is 40.5 Å². The number of fused-ring (bicyclic) bond motifs is 1. The molecule has 1 aromatic rings. The fourth-order valence-electron chi connectivity index (χ4n) is 1.75. The van der Waals surface area contributed by atoms with Crippen LogP contribution in [-0.4, -0.2) is 29.4 Å². The third-order valence-corrected chi connectivity index (χ3v) is 2.83. The summed E-state index contributed by atoms with van der Waals surface area (Å²) in [6, 6.07) is 7.41. The number of amidine groups is 1. The van der Waals surface area contributed by atoms with Crippen molar-refractivity contribution < 1.29 is 4.79 Å². The summed E-state index contributed by atoms with van der Waals surface area (Å²) in [6.07, 6.45) is 3.43. The molecule has 2 aliphatic heterocycles. The number of halogens is 1. The predicted molar refractivity (Wildman–Crippen MR) is 67.1 cm³/mol. The van der Waals surface area contributed by atoms with Gasteiger partial charge in [0.05, 0.1) is 11.9 Å². The van der Waals surface area contributed by atoms with Gasteiger partial charge in [0.25, 0.3) is 5.91 Å². The van der Waals surface area contributed by atoms with Crippen LogP contribution in [0.4, 0.5) is 0 Å². The zero-order valence-electron chi connectivity index (χ0n) is 8.80. The molecule has 0 radical (unpaired) electrons. The maximum Gasteiger partial charge on any atom is 0.267 e. The van der Waals surface area contributed by atoms with Crippen LogP contribution in [0, 0.1) is 0 Å². The minimum atomic E-state index is -0.139. The summed E-state index contributed by atoms with van der Waals surface area (Å²) in [5.74, 6) is 0.466. The zero-order valence-corrected chi connectivity index (χ0v) is 9.55. The van der Waals surface area contributed by atoms with Gasteiger partial charge in [0.2, 0.25) is 0 Å². The Morgan fingerprint density at radius 2 is 2.00 bits per heavy atom. The Morgan fingerprint density at radius 1 is 1.24 bits per heavy atom. The van der Waals surface area contributed by atoms with E-state index in [1.807, 2.05) is 30.5 Å². The van der Waals surface area contributed by atoms with Gasteiger partial charge >= 0.3 is 0 Å². The van der Waals surface area contributed by atoms with E-state index in [9.17, 15) is 4.79 Å². The Bertz CT molecular complexity index is 572. The number of hydrogen-bond acceptors (Lipinski definition) is 3. The molecule has 17 heavy (non-hydrogen) atoms. The average Bonchev–Trinajstić information content (AvgIpc) is 2.69. The fraction of sp³-hybridized carbons (Fsp3) is 0.0833. The molecule has 0 saturated carbocycles. The highest BCUT2D eigenvalue weighted by molar-refractivity contribution is 6.35. The highest BCUT2D eigenvalue weighted by Crippen LogP contribution is 2.22. The average molecular weight is 246 g/mol. The summed E-state index contributed by atoms with van der Waals surface area (Å²) in [4.78, 5) is 21.1. The number of carbonyl (C=O) groups is 1. The third-order valence-electron chi connectivity index (χ3n) is 2.58. The predicted octanol–water partition coefficient (Wildman–Crippen LogP) is 1.96. The lowest BCUT2D eigenvalue weighted by Crippen LogP contribution is -2.26. The van der Waals surface area contributed by atoms with Crippen molar-refractivity contribution in [3.8, 4) is 0 Å². The Labute approximate surface area is 103 Å². The van der Waals surface area contributed by atoms with E-state index in [0.29, 0.717) is 17.4 Å². The van der Waals surface area contributed by atoms with Crippen molar-refractivity contribution >= 4 is 35.3 Å². The largest absolute Gasteiger partial charge is 0.320 e. The van der Waals surface area contributed by atoms with Gasteiger partial charge in [0.15, 0.2) is 5.84 Å². The number of carbonyl (C=O) groups excluding carboxylic acids is 1. The molecule has 0 unspecified atom stereocenters. The van der Waals surface area contributed by atoms with Crippen molar-refractivity contribution in [2.24, 2.45) is 9.98 Å². The van der Waals surface area contributed by atoms with Crippen LogP contribution in [-0.2, 0) is 4.79 Å². The van der Waals surface area contributed by atoms with Gasteiger partial charge in [-0.05, 0) is 12.1 Å². The minimum Gasteiger partial charge on any atom is -0.320 e. The third kappa shape index (κ3) is 1.87. The summed E-state index contributed by atoms with van der Waals surface area (Å²) in [5, 5.41) is 0.688. The number of aliphatic imine (C=N–C) groups is 2. The lowest BCUT2D eigenvalue weighted by Gasteiger charge is -2.17. The fourth-order valence-corrected chi connectivity index (χ4v) is 1.87. The zero-order chi connectivity index (χ0) is 11.8. The van der Waals surface area contributed by atoms with Crippen LogP contribution < -0.4 is 0 Å². The van der Waals surface area contributed by atoms with Crippen LogP contribution in [0.2, 0.25) is 5.02 Å². The van der Waals surface area contributed by atoms with Crippen molar-refractivity contribution in [2.45, 2.75) is 0 Å². The van der Waals surface area contributed by atoms with E-state index in [1.54, 1.807) is 11.1 Å². The summed E-state index contributed by atoms with van der Waals surface area (Å²) in [5.41, 5.74) is 1.76. The molecule has 0 atom stereocenters. The number of amides is 1. The molecular weight excluding hydrogens is 238 g/mol. The summed E-state index contributed by atoms with van der Waals surface area (Å²) in [6.45, 7) is 0.290. The first-order chi connectivity index (χ1) is 8.22. The monoisotopic (exact) mass is 245 g/mol. The first kappa shape index (κ1) is 10.2. The van der Waals surface area contributed by atoms with Gasteiger partial charge in [-0.1, -0.05) is 23.7 Å². The molecule has 0 aromatic heterocycles. The molecule has 0 saturated heterocycles. The van der Waals surface area contributed by atoms with E-state index < -0.39 is 0 Å². The van der Waals surface area contributed by atoms with Crippen LogP contribution in [0.5, 0.6) is 0 Å². The normalized spacial score (nSPS) is 17.9. The van der Waals surface area contributed by atoms with E-state index in [0.717, 1.165) is 11.3 Å². The van der Waals surface area contributed by atoms with E-state index in [2.05, 4.69) is 9.98 Å². The molecule has 4 nitrogen and oxygen atoms in total. The van der Waals surface area contributed by atoms with Crippen LogP contribution in [0.1, 0.15) is 5.56 Å². The Hall–Kier alpha value is -1.94. The van der Waals surface area contributed by atoms with Crippen molar-refractivity contribution in [3.63, 3.8) is 0 Å². The van der Waals surface area contributed by atoms with Gasteiger partial charge in [0.1, 0.15) is 6.54 Å². The van der Waals surface area contributed by atoms with Crippen LogP contribution in [0.25, 0.3) is 5.70 Å². The molecule has 1 amide bonds. The number of nitrogens with zero attached hydrogens (tertiary/aromatic N) is 3. The first-order valence-corrected chi connectivity index (χ1v) is 5.50. The standard InChI is InChI=1S/C12H8ClN3O/c13-9-3-1-8(2-4-9)10-6-16-7-12(17)15-11(16)5-14-10/h1-6H,7H2. The molecular formula is C12H8ClN3O. The summed E-state index contributed by atoms with van der Waals surface area (Å²) in [7, 11) is 0. The molecule has 1 aromatic carbocycles. The molecule has 2 heterocycles. The minimum absolute atomic E-state index is 0.139. The van der Waals surface area contributed by atoms with E-state index >= 15 is 0 Å². The molecule has 0 fully saturated rings. The van der Waals surface area contributed by atoms with Crippen molar-refractivity contribution in [2.75, 3.05) is 6.54 Å². The van der Waals surface area contributed by atoms with Crippen LogP contribution >= 0.6 is 11.6 Å². The molecule has 3 rings (SSSR count). The second-order valence-corrected chi connectivity index (χ2v) is 4.21. The molecule has 5 heteroatoms. The number of hydrogen-bond donors (Lipinski definition) is 0. The number of rotatable bonds is 1. The quantitative estimate of drug-likeness (QED) is 0.759. The smallest absolute Gasteiger partial charge is 0.267 e. The molecule has 2 aliphatic rings. The summed E-state index contributed by atoms with van der Waals surface area (Å²) < 4.78 is 0. The van der Waals surface area contributed by atoms with Crippen molar-refractivity contribution in [3.05, 3.63) is 41.1 Å². The van der Waals surface area contributed by atoms with E-state index in [4.69, 9.17) is 11.6 Å². The second-order valence-electron chi connectivity index (χ2n) is 3.77. The van der Waals surface area contributed by atoms with Gasteiger partial charge in [-0.2, -0.15) is 4.99 Å². The molecule has 0 N–H and O–H groups in total. The lowest BCUT2D eigenvalue weighted by atomic mass is 10.1. The van der Waals surface area contributed by atoms with Crippen molar-refractivity contribution in [1.29, 1.82) is 0 Å². The lowest BCUT2D eigenvalue weighted by molar-refractivity contribution is -0.116. The Balaban J connectivity index is 1.94. The van der Waals surface area contributed by atoms with Crippen molar-refractivity contribution in [1.82, 2.24) is 4.90 Å².